The van der Waals surface area contributed by atoms with Crippen LogP contribution in [0.3, 0.4) is 0 Å². The molecule has 1 aromatic heterocycles. The highest BCUT2D eigenvalue weighted by Crippen LogP contribution is 2.30. The third-order valence-electron chi connectivity index (χ3n) is 4.52. The van der Waals surface area contributed by atoms with Gasteiger partial charge in [0.2, 0.25) is 5.95 Å². The topological polar surface area (TPSA) is 49.8 Å². The van der Waals surface area contributed by atoms with E-state index in [1.807, 2.05) is 12.3 Å². The van der Waals surface area contributed by atoms with Crippen molar-refractivity contribution in [1.29, 1.82) is 0 Å². The predicted octanol–water partition coefficient (Wildman–Crippen LogP) is 5.01. The van der Waals surface area contributed by atoms with Crippen LogP contribution in [0.15, 0.2) is 30.5 Å². The lowest BCUT2D eigenvalue weighted by Gasteiger charge is -2.17. The number of nitrogens with one attached hydrogen (secondary N) is 2. The zero-order chi connectivity index (χ0) is 16.2. The van der Waals surface area contributed by atoms with Gasteiger partial charge in [0, 0.05) is 17.9 Å². The highest BCUT2D eigenvalue weighted by Gasteiger charge is 2.16. The van der Waals surface area contributed by atoms with Crippen molar-refractivity contribution in [3.63, 3.8) is 0 Å². The van der Waals surface area contributed by atoms with Crippen LogP contribution in [0, 0.1) is 6.92 Å². The first-order valence-electron chi connectivity index (χ1n) is 8.59. The summed E-state index contributed by atoms with van der Waals surface area (Å²) in [6, 6.07) is 8.88. The molecule has 1 aliphatic rings. The average molecular weight is 310 g/mol. The van der Waals surface area contributed by atoms with E-state index in [-0.39, 0.29) is 0 Å². The maximum atomic E-state index is 4.64. The number of para-hydroxylation sites is 1. The van der Waals surface area contributed by atoms with Gasteiger partial charge in [-0.3, -0.25) is 0 Å². The summed E-state index contributed by atoms with van der Waals surface area (Å²) in [5, 5.41) is 6.95. The highest BCUT2D eigenvalue weighted by atomic mass is 15.2. The zero-order valence-corrected chi connectivity index (χ0v) is 14.3. The van der Waals surface area contributed by atoms with Crippen LogP contribution >= 0.6 is 0 Å². The maximum Gasteiger partial charge on any atom is 0.224 e. The molecule has 0 spiro atoms. The standard InChI is InChI=1S/C19H26N4/c1-13(2)16-10-6-7-14(3)18(16)22-17-11-12-20-19(23-17)21-15-8-4-5-9-15/h6-7,10-13,15H,4-5,8-9H2,1-3H3,(H2,20,21,22,23). The van der Waals surface area contributed by atoms with E-state index in [0.29, 0.717) is 12.0 Å². The van der Waals surface area contributed by atoms with Crippen molar-refractivity contribution >= 4 is 17.5 Å². The van der Waals surface area contributed by atoms with Crippen molar-refractivity contribution in [3.8, 4) is 0 Å². The number of benzene rings is 1. The van der Waals surface area contributed by atoms with Gasteiger partial charge in [0.05, 0.1) is 0 Å². The Hall–Kier alpha value is -2.10. The summed E-state index contributed by atoms with van der Waals surface area (Å²) in [6.45, 7) is 6.56. The Morgan fingerprint density at radius 2 is 1.91 bits per heavy atom. The van der Waals surface area contributed by atoms with Crippen molar-refractivity contribution in [2.24, 2.45) is 0 Å². The van der Waals surface area contributed by atoms with E-state index < -0.39 is 0 Å². The minimum absolute atomic E-state index is 0.468. The summed E-state index contributed by atoms with van der Waals surface area (Å²) in [5.41, 5.74) is 3.71. The van der Waals surface area contributed by atoms with Gasteiger partial charge in [-0.1, -0.05) is 44.9 Å². The SMILES string of the molecule is Cc1cccc(C(C)C)c1Nc1ccnc(NC2CCCC2)n1. The first-order valence-corrected chi connectivity index (χ1v) is 8.59. The molecule has 122 valence electrons. The Balaban J connectivity index is 1.80. The van der Waals surface area contributed by atoms with Crippen LogP contribution in [-0.2, 0) is 0 Å². The summed E-state index contributed by atoms with van der Waals surface area (Å²) >= 11 is 0. The number of anilines is 3. The van der Waals surface area contributed by atoms with E-state index in [4.69, 9.17) is 0 Å². The van der Waals surface area contributed by atoms with Gasteiger partial charge in [-0.05, 0) is 42.9 Å². The lowest BCUT2D eigenvalue weighted by Crippen LogP contribution is -2.16. The Morgan fingerprint density at radius 1 is 1.13 bits per heavy atom. The summed E-state index contributed by atoms with van der Waals surface area (Å²) in [7, 11) is 0. The maximum absolute atomic E-state index is 4.64. The van der Waals surface area contributed by atoms with Crippen LogP contribution in [0.1, 0.15) is 56.6 Å². The van der Waals surface area contributed by atoms with E-state index in [2.05, 4.69) is 59.6 Å². The molecule has 3 rings (SSSR count). The quantitative estimate of drug-likeness (QED) is 0.815. The summed E-state index contributed by atoms with van der Waals surface area (Å²) in [6.07, 6.45) is 6.86. The van der Waals surface area contributed by atoms with Gasteiger partial charge in [-0.15, -0.1) is 0 Å². The molecule has 1 saturated carbocycles. The van der Waals surface area contributed by atoms with Crippen LogP contribution < -0.4 is 10.6 Å². The van der Waals surface area contributed by atoms with Crippen molar-refractivity contribution in [2.45, 2.75) is 58.4 Å². The molecule has 1 heterocycles. The monoisotopic (exact) mass is 310 g/mol. The number of hydrogen-bond donors (Lipinski definition) is 2. The molecule has 1 aromatic carbocycles. The lowest BCUT2D eigenvalue weighted by atomic mass is 9.98. The van der Waals surface area contributed by atoms with E-state index >= 15 is 0 Å². The number of aryl methyl sites for hydroxylation is 1. The van der Waals surface area contributed by atoms with Crippen LogP contribution in [0.5, 0.6) is 0 Å². The fraction of sp³-hybridized carbons (Fsp3) is 0.474. The molecule has 2 aromatic rings. The Bertz CT molecular complexity index is 660. The Labute approximate surface area is 138 Å². The molecular weight excluding hydrogens is 284 g/mol. The molecule has 0 bridgehead atoms. The van der Waals surface area contributed by atoms with Gasteiger partial charge in [-0.25, -0.2) is 4.98 Å². The van der Waals surface area contributed by atoms with Crippen LogP contribution in [0.25, 0.3) is 0 Å². The van der Waals surface area contributed by atoms with Crippen LogP contribution in [0.4, 0.5) is 17.5 Å². The van der Waals surface area contributed by atoms with E-state index in [0.717, 1.165) is 17.5 Å². The second-order valence-electron chi connectivity index (χ2n) is 6.71. The van der Waals surface area contributed by atoms with Gasteiger partial charge in [0.25, 0.3) is 0 Å². The van der Waals surface area contributed by atoms with Gasteiger partial charge in [0.15, 0.2) is 0 Å². The molecule has 2 N–H and O–H groups in total. The van der Waals surface area contributed by atoms with Crippen LogP contribution in [-0.4, -0.2) is 16.0 Å². The minimum Gasteiger partial charge on any atom is -0.351 e. The first-order chi connectivity index (χ1) is 11.1. The molecular formula is C19H26N4. The molecule has 4 nitrogen and oxygen atoms in total. The lowest BCUT2D eigenvalue weighted by molar-refractivity contribution is 0.744. The molecule has 0 aliphatic heterocycles. The van der Waals surface area contributed by atoms with Gasteiger partial charge in [-0.2, -0.15) is 4.98 Å². The molecule has 4 heteroatoms. The second-order valence-corrected chi connectivity index (χ2v) is 6.71. The number of nitrogens with zero attached hydrogens (tertiary/aromatic N) is 2. The van der Waals surface area contributed by atoms with Gasteiger partial charge >= 0.3 is 0 Å². The smallest absolute Gasteiger partial charge is 0.224 e. The van der Waals surface area contributed by atoms with E-state index in [9.17, 15) is 0 Å². The molecule has 1 fully saturated rings. The Morgan fingerprint density at radius 3 is 2.65 bits per heavy atom. The third-order valence-corrected chi connectivity index (χ3v) is 4.52. The van der Waals surface area contributed by atoms with Gasteiger partial charge < -0.3 is 10.6 Å². The third kappa shape index (κ3) is 3.81. The largest absolute Gasteiger partial charge is 0.351 e. The van der Waals surface area contributed by atoms with Crippen molar-refractivity contribution in [2.75, 3.05) is 10.6 Å². The van der Waals surface area contributed by atoms with E-state index in [1.165, 1.54) is 36.8 Å². The predicted molar refractivity (Wildman–Crippen MR) is 96.5 cm³/mol. The molecule has 0 unspecified atom stereocenters. The van der Waals surface area contributed by atoms with Gasteiger partial charge in [0.1, 0.15) is 5.82 Å². The zero-order valence-electron chi connectivity index (χ0n) is 14.3. The summed E-state index contributed by atoms with van der Waals surface area (Å²) < 4.78 is 0. The molecule has 0 radical (unpaired) electrons. The molecule has 0 saturated heterocycles. The number of aromatic nitrogens is 2. The average Bonchev–Trinajstić information content (AvgIpc) is 3.02. The van der Waals surface area contributed by atoms with Crippen molar-refractivity contribution in [3.05, 3.63) is 41.6 Å². The highest BCUT2D eigenvalue weighted by molar-refractivity contribution is 5.65. The van der Waals surface area contributed by atoms with E-state index in [1.54, 1.807) is 0 Å². The van der Waals surface area contributed by atoms with Crippen LogP contribution in [0.2, 0.25) is 0 Å². The molecule has 1 aliphatic carbocycles. The first kappa shape index (κ1) is 15.8. The van der Waals surface area contributed by atoms with Crippen molar-refractivity contribution in [1.82, 2.24) is 9.97 Å². The molecule has 0 atom stereocenters. The Kier molecular flexibility index (Phi) is 4.79. The summed E-state index contributed by atoms with van der Waals surface area (Å²) in [4.78, 5) is 9.00. The molecule has 23 heavy (non-hydrogen) atoms. The normalized spacial score (nSPS) is 15.1. The van der Waals surface area contributed by atoms with Crippen molar-refractivity contribution < 1.29 is 0 Å². The number of hydrogen-bond acceptors (Lipinski definition) is 4. The minimum atomic E-state index is 0.468. The fourth-order valence-electron chi connectivity index (χ4n) is 3.22. The fourth-order valence-corrected chi connectivity index (χ4v) is 3.22. The summed E-state index contributed by atoms with van der Waals surface area (Å²) in [5.74, 6) is 2.04. The second kappa shape index (κ2) is 6.99. The number of rotatable bonds is 5. The molecule has 0 amide bonds.